The molecule has 0 saturated heterocycles. The molecule has 0 aliphatic heterocycles. The standard InChI is InChI=1S/C13H14N2/c14-8-13(11-2-1-3-12(11)13)9-4-6-10(15)7-5-9/h4-7,11-12H,1-3,15H2/t11-,12+,13+. The van der Waals surface area contributed by atoms with Gasteiger partial charge in [0.05, 0.1) is 11.5 Å². The smallest absolute Gasteiger partial charge is 0.0885 e. The van der Waals surface area contributed by atoms with E-state index in [1.54, 1.807) is 0 Å². The van der Waals surface area contributed by atoms with Gasteiger partial charge in [0.1, 0.15) is 0 Å². The van der Waals surface area contributed by atoms with Crippen molar-refractivity contribution in [1.82, 2.24) is 0 Å². The first-order chi connectivity index (χ1) is 7.29. The highest BCUT2D eigenvalue weighted by molar-refractivity contribution is 5.49. The topological polar surface area (TPSA) is 49.8 Å². The molecule has 0 radical (unpaired) electrons. The number of fused-ring (bicyclic) bond motifs is 1. The molecule has 0 amide bonds. The molecular formula is C13H14N2. The highest BCUT2D eigenvalue weighted by atomic mass is 14.7. The number of nitrogens with zero attached hydrogens (tertiary/aromatic N) is 1. The minimum absolute atomic E-state index is 0.161. The molecule has 15 heavy (non-hydrogen) atoms. The normalized spacial score (nSPS) is 37.0. The maximum Gasteiger partial charge on any atom is 0.0885 e. The molecule has 2 aliphatic rings. The third-order valence-electron chi connectivity index (χ3n) is 4.15. The summed E-state index contributed by atoms with van der Waals surface area (Å²) in [5.74, 6) is 1.23. The summed E-state index contributed by atoms with van der Waals surface area (Å²) >= 11 is 0. The maximum atomic E-state index is 9.40. The fourth-order valence-electron chi connectivity index (χ4n) is 3.37. The fourth-order valence-corrected chi connectivity index (χ4v) is 3.37. The van der Waals surface area contributed by atoms with Crippen LogP contribution in [0.1, 0.15) is 24.8 Å². The third-order valence-corrected chi connectivity index (χ3v) is 4.15. The van der Waals surface area contributed by atoms with Crippen molar-refractivity contribution < 1.29 is 0 Å². The molecule has 3 rings (SSSR count). The van der Waals surface area contributed by atoms with Crippen LogP contribution in [0, 0.1) is 23.2 Å². The van der Waals surface area contributed by atoms with Crippen molar-refractivity contribution in [2.24, 2.45) is 11.8 Å². The Labute approximate surface area is 89.7 Å². The molecule has 1 aromatic carbocycles. The summed E-state index contributed by atoms with van der Waals surface area (Å²) in [5.41, 5.74) is 7.45. The quantitative estimate of drug-likeness (QED) is 0.705. The van der Waals surface area contributed by atoms with Crippen LogP contribution < -0.4 is 5.73 Å². The molecule has 0 heterocycles. The number of nitriles is 1. The zero-order valence-corrected chi connectivity index (χ0v) is 8.61. The van der Waals surface area contributed by atoms with Gasteiger partial charge >= 0.3 is 0 Å². The van der Waals surface area contributed by atoms with Gasteiger partial charge in [-0.3, -0.25) is 0 Å². The summed E-state index contributed by atoms with van der Waals surface area (Å²) in [7, 11) is 0. The number of nitrogen functional groups attached to an aromatic ring is 1. The predicted molar refractivity (Wildman–Crippen MR) is 59.0 cm³/mol. The molecule has 0 unspecified atom stereocenters. The van der Waals surface area contributed by atoms with E-state index in [0.717, 1.165) is 5.69 Å². The Morgan fingerprint density at radius 3 is 2.33 bits per heavy atom. The fraction of sp³-hybridized carbons (Fsp3) is 0.462. The van der Waals surface area contributed by atoms with Crippen LogP contribution in [0.25, 0.3) is 0 Å². The summed E-state index contributed by atoms with van der Waals surface area (Å²) in [6, 6.07) is 10.4. The van der Waals surface area contributed by atoms with E-state index in [-0.39, 0.29) is 5.41 Å². The van der Waals surface area contributed by atoms with Gasteiger partial charge < -0.3 is 5.73 Å². The average Bonchev–Trinajstić information content (AvgIpc) is 2.65. The first-order valence-electron chi connectivity index (χ1n) is 5.56. The molecule has 2 heteroatoms. The highest BCUT2D eigenvalue weighted by Gasteiger charge is 2.67. The van der Waals surface area contributed by atoms with Crippen LogP contribution in [0.4, 0.5) is 5.69 Å². The van der Waals surface area contributed by atoms with Crippen molar-refractivity contribution in [3.05, 3.63) is 29.8 Å². The minimum Gasteiger partial charge on any atom is -0.399 e. The highest BCUT2D eigenvalue weighted by Crippen LogP contribution is 2.67. The minimum atomic E-state index is -0.161. The van der Waals surface area contributed by atoms with Crippen LogP contribution in [0.2, 0.25) is 0 Å². The lowest BCUT2D eigenvalue weighted by Gasteiger charge is -2.12. The van der Waals surface area contributed by atoms with Crippen LogP contribution in [-0.4, -0.2) is 0 Å². The second kappa shape index (κ2) is 2.76. The molecule has 2 nitrogen and oxygen atoms in total. The van der Waals surface area contributed by atoms with E-state index in [0.29, 0.717) is 11.8 Å². The Balaban J connectivity index is 2.00. The van der Waals surface area contributed by atoms with Crippen LogP contribution >= 0.6 is 0 Å². The van der Waals surface area contributed by atoms with Gasteiger partial charge in [0, 0.05) is 5.69 Å². The van der Waals surface area contributed by atoms with E-state index in [4.69, 9.17) is 5.73 Å². The molecule has 2 saturated carbocycles. The summed E-state index contributed by atoms with van der Waals surface area (Å²) in [6.45, 7) is 0. The van der Waals surface area contributed by atoms with Gasteiger partial charge in [0.25, 0.3) is 0 Å². The Hall–Kier alpha value is -1.49. The molecule has 0 bridgehead atoms. The molecule has 1 aromatic rings. The molecule has 2 aliphatic carbocycles. The first-order valence-corrected chi connectivity index (χ1v) is 5.56. The van der Waals surface area contributed by atoms with Gasteiger partial charge in [-0.2, -0.15) is 5.26 Å². The van der Waals surface area contributed by atoms with Crippen molar-refractivity contribution in [2.45, 2.75) is 24.7 Å². The van der Waals surface area contributed by atoms with E-state index in [9.17, 15) is 5.26 Å². The van der Waals surface area contributed by atoms with Crippen molar-refractivity contribution >= 4 is 5.69 Å². The van der Waals surface area contributed by atoms with Gasteiger partial charge in [-0.15, -0.1) is 0 Å². The van der Waals surface area contributed by atoms with Crippen molar-refractivity contribution in [1.29, 1.82) is 5.26 Å². The number of hydrogen-bond acceptors (Lipinski definition) is 2. The molecule has 3 atom stereocenters. The van der Waals surface area contributed by atoms with E-state index < -0.39 is 0 Å². The Morgan fingerprint density at radius 1 is 1.20 bits per heavy atom. The van der Waals surface area contributed by atoms with Crippen molar-refractivity contribution in [2.75, 3.05) is 5.73 Å². The maximum absolute atomic E-state index is 9.40. The van der Waals surface area contributed by atoms with E-state index >= 15 is 0 Å². The monoisotopic (exact) mass is 198 g/mol. The zero-order valence-electron chi connectivity index (χ0n) is 8.61. The van der Waals surface area contributed by atoms with Crippen LogP contribution in [0.15, 0.2) is 24.3 Å². The van der Waals surface area contributed by atoms with Gasteiger partial charge in [-0.25, -0.2) is 0 Å². The van der Waals surface area contributed by atoms with E-state index in [1.165, 1.54) is 24.8 Å². The summed E-state index contributed by atoms with van der Waals surface area (Å²) in [4.78, 5) is 0. The largest absolute Gasteiger partial charge is 0.399 e. The van der Waals surface area contributed by atoms with Gasteiger partial charge in [-0.05, 0) is 42.4 Å². The lowest BCUT2D eigenvalue weighted by molar-refractivity contribution is 0.605. The van der Waals surface area contributed by atoms with Gasteiger partial charge in [0.15, 0.2) is 0 Å². The first kappa shape index (κ1) is 8.79. The number of benzene rings is 1. The van der Waals surface area contributed by atoms with Gasteiger partial charge in [-0.1, -0.05) is 18.6 Å². The Bertz CT molecular complexity index is 417. The zero-order chi connectivity index (χ0) is 10.5. The lowest BCUT2D eigenvalue weighted by Crippen LogP contribution is -2.11. The molecule has 76 valence electrons. The molecule has 2 N–H and O–H groups in total. The van der Waals surface area contributed by atoms with Gasteiger partial charge in [0.2, 0.25) is 0 Å². The lowest BCUT2D eigenvalue weighted by atomic mass is 9.89. The molecule has 0 aromatic heterocycles. The average molecular weight is 198 g/mol. The van der Waals surface area contributed by atoms with Crippen LogP contribution in [0.3, 0.4) is 0 Å². The predicted octanol–water partition coefficient (Wildman–Crippen LogP) is 2.46. The number of rotatable bonds is 1. The van der Waals surface area contributed by atoms with E-state index in [1.807, 2.05) is 24.3 Å². The van der Waals surface area contributed by atoms with Crippen LogP contribution in [-0.2, 0) is 5.41 Å². The number of hydrogen-bond donors (Lipinski definition) is 1. The Morgan fingerprint density at radius 2 is 1.80 bits per heavy atom. The summed E-state index contributed by atoms with van der Waals surface area (Å²) in [5, 5.41) is 9.40. The SMILES string of the molecule is N#C[C@]1(c2ccc(N)cc2)[C@@H]2CCC[C@@H]21. The second-order valence-electron chi connectivity index (χ2n) is 4.75. The molecule has 2 fully saturated rings. The molecule has 0 spiro atoms. The summed E-state index contributed by atoms with van der Waals surface area (Å²) in [6.07, 6.45) is 3.75. The number of nitrogens with two attached hydrogens (primary N) is 1. The van der Waals surface area contributed by atoms with E-state index in [2.05, 4.69) is 6.07 Å². The molecular weight excluding hydrogens is 184 g/mol. The Kier molecular flexibility index (Phi) is 1.62. The van der Waals surface area contributed by atoms with Crippen molar-refractivity contribution in [3.8, 4) is 6.07 Å². The second-order valence-corrected chi connectivity index (χ2v) is 4.75. The van der Waals surface area contributed by atoms with Crippen molar-refractivity contribution in [3.63, 3.8) is 0 Å². The number of anilines is 1. The summed E-state index contributed by atoms with van der Waals surface area (Å²) < 4.78 is 0. The third kappa shape index (κ3) is 0.982. The van der Waals surface area contributed by atoms with Crippen LogP contribution in [0.5, 0.6) is 0 Å².